The lowest BCUT2D eigenvalue weighted by Gasteiger charge is -2.24. The van der Waals surface area contributed by atoms with Gasteiger partial charge in [0.1, 0.15) is 5.69 Å². The molecule has 6 heteroatoms. The van der Waals surface area contributed by atoms with Crippen molar-refractivity contribution in [3.63, 3.8) is 0 Å². The minimum atomic E-state index is -0.425. The van der Waals surface area contributed by atoms with Crippen LogP contribution < -0.4 is 0 Å². The van der Waals surface area contributed by atoms with Gasteiger partial charge in [0.05, 0.1) is 18.7 Å². The van der Waals surface area contributed by atoms with Crippen LogP contribution in [0.15, 0.2) is 24.5 Å². The highest BCUT2D eigenvalue weighted by Crippen LogP contribution is 2.33. The average Bonchev–Trinajstić information content (AvgIpc) is 3.19. The summed E-state index contributed by atoms with van der Waals surface area (Å²) in [6, 6.07) is 3.90. The van der Waals surface area contributed by atoms with Crippen LogP contribution in [0.5, 0.6) is 0 Å². The van der Waals surface area contributed by atoms with Crippen molar-refractivity contribution in [2.45, 2.75) is 32.7 Å². The maximum atomic E-state index is 13.1. The van der Waals surface area contributed by atoms with Crippen molar-refractivity contribution in [1.82, 2.24) is 14.9 Å². The predicted octanol–water partition coefficient (Wildman–Crippen LogP) is 2.79. The minimum absolute atomic E-state index is 0.0239. The zero-order valence-corrected chi connectivity index (χ0v) is 14.1. The van der Waals surface area contributed by atoms with E-state index in [1.165, 1.54) is 7.11 Å². The minimum Gasteiger partial charge on any atom is -0.465 e. The molecule has 0 saturated carbocycles. The number of likely N-dealkylation sites (tertiary alicyclic amines) is 1. The fourth-order valence-corrected chi connectivity index (χ4v) is 3.45. The molecule has 0 radical (unpaired) electrons. The number of pyridine rings is 1. The smallest absolute Gasteiger partial charge is 0.339 e. The van der Waals surface area contributed by atoms with Crippen molar-refractivity contribution >= 4 is 11.9 Å². The molecule has 1 amide bonds. The van der Waals surface area contributed by atoms with E-state index in [2.05, 4.69) is 9.97 Å². The van der Waals surface area contributed by atoms with Gasteiger partial charge >= 0.3 is 5.97 Å². The van der Waals surface area contributed by atoms with E-state index in [9.17, 15) is 9.59 Å². The Balaban J connectivity index is 1.93. The van der Waals surface area contributed by atoms with Crippen LogP contribution in [-0.4, -0.2) is 40.4 Å². The van der Waals surface area contributed by atoms with E-state index in [0.717, 1.165) is 18.4 Å². The molecule has 3 heterocycles. The molecule has 3 rings (SSSR count). The summed E-state index contributed by atoms with van der Waals surface area (Å²) in [6.45, 7) is 4.25. The number of nitrogens with one attached hydrogen (secondary N) is 1. The van der Waals surface area contributed by atoms with E-state index < -0.39 is 5.97 Å². The van der Waals surface area contributed by atoms with Crippen molar-refractivity contribution in [3.05, 3.63) is 52.6 Å². The first-order valence-electron chi connectivity index (χ1n) is 8.03. The Morgan fingerprint density at radius 2 is 2.17 bits per heavy atom. The zero-order valence-electron chi connectivity index (χ0n) is 14.1. The van der Waals surface area contributed by atoms with Gasteiger partial charge in [0, 0.05) is 24.6 Å². The van der Waals surface area contributed by atoms with Gasteiger partial charge in [-0.25, -0.2) is 4.79 Å². The predicted molar refractivity (Wildman–Crippen MR) is 88.9 cm³/mol. The fourth-order valence-electron chi connectivity index (χ4n) is 3.45. The lowest BCUT2D eigenvalue weighted by molar-refractivity contribution is 0.0599. The number of nitrogens with zero attached hydrogens (tertiary/aromatic N) is 2. The van der Waals surface area contributed by atoms with Gasteiger partial charge in [0.25, 0.3) is 5.91 Å². The molecule has 1 aliphatic rings. The van der Waals surface area contributed by atoms with Gasteiger partial charge in [-0.15, -0.1) is 0 Å². The Labute approximate surface area is 140 Å². The normalized spacial score (nSPS) is 17.1. The van der Waals surface area contributed by atoms with Gasteiger partial charge in [-0.05, 0) is 43.9 Å². The summed E-state index contributed by atoms with van der Waals surface area (Å²) in [5.74, 6) is -0.511. The topological polar surface area (TPSA) is 75.3 Å². The first-order valence-corrected chi connectivity index (χ1v) is 8.03. The number of carbonyl (C=O) groups is 2. The van der Waals surface area contributed by atoms with Crippen LogP contribution in [0.2, 0.25) is 0 Å². The van der Waals surface area contributed by atoms with Gasteiger partial charge in [-0.3, -0.25) is 9.78 Å². The number of hydrogen-bond donors (Lipinski definition) is 1. The van der Waals surface area contributed by atoms with E-state index >= 15 is 0 Å². The molecule has 1 saturated heterocycles. The van der Waals surface area contributed by atoms with E-state index in [-0.39, 0.29) is 11.9 Å². The highest BCUT2D eigenvalue weighted by atomic mass is 16.5. The number of esters is 1. The molecule has 2 aromatic heterocycles. The molecule has 0 aliphatic carbocycles. The third-order valence-electron chi connectivity index (χ3n) is 4.62. The van der Waals surface area contributed by atoms with Gasteiger partial charge in [-0.1, -0.05) is 6.07 Å². The molecular weight excluding hydrogens is 306 g/mol. The van der Waals surface area contributed by atoms with Crippen LogP contribution in [0.1, 0.15) is 56.6 Å². The molecule has 1 atom stereocenters. The molecule has 6 nitrogen and oxygen atoms in total. The molecule has 0 bridgehead atoms. The number of aromatic nitrogens is 2. The number of amides is 1. The highest BCUT2D eigenvalue weighted by Gasteiger charge is 2.33. The van der Waals surface area contributed by atoms with Gasteiger partial charge < -0.3 is 14.6 Å². The van der Waals surface area contributed by atoms with E-state index in [1.54, 1.807) is 20.0 Å². The van der Waals surface area contributed by atoms with Crippen molar-refractivity contribution < 1.29 is 14.3 Å². The number of methoxy groups -OCH3 is 1. The molecule has 24 heavy (non-hydrogen) atoms. The molecule has 2 aromatic rings. The third-order valence-corrected chi connectivity index (χ3v) is 4.62. The number of rotatable bonds is 3. The second-order valence-electron chi connectivity index (χ2n) is 6.06. The van der Waals surface area contributed by atoms with E-state index in [1.807, 2.05) is 23.2 Å². The van der Waals surface area contributed by atoms with Crippen LogP contribution in [0.25, 0.3) is 0 Å². The number of carbonyl (C=O) groups excluding carboxylic acids is 2. The summed E-state index contributed by atoms with van der Waals surface area (Å²) >= 11 is 0. The summed E-state index contributed by atoms with van der Waals surface area (Å²) in [5, 5.41) is 0. The second kappa shape index (κ2) is 6.47. The Bertz CT molecular complexity index is 767. The number of aryl methyl sites for hydroxylation is 1. The van der Waals surface area contributed by atoms with Crippen molar-refractivity contribution in [2.24, 2.45) is 0 Å². The molecule has 1 N–H and O–H groups in total. The number of aromatic amines is 1. The monoisotopic (exact) mass is 327 g/mol. The highest BCUT2D eigenvalue weighted by molar-refractivity contribution is 6.00. The summed E-state index contributed by atoms with van der Waals surface area (Å²) in [4.78, 5) is 34.1. The van der Waals surface area contributed by atoms with Crippen LogP contribution >= 0.6 is 0 Å². The molecule has 0 unspecified atom stereocenters. The average molecular weight is 327 g/mol. The lowest BCUT2D eigenvalue weighted by Crippen LogP contribution is -2.31. The SMILES string of the molecule is COC(=O)c1c(C)[nH]c(C(=O)N2CCC[C@@H]2c2cccnc2)c1C. The first-order chi connectivity index (χ1) is 11.5. The van der Waals surface area contributed by atoms with Crippen molar-refractivity contribution in [1.29, 1.82) is 0 Å². The quantitative estimate of drug-likeness (QED) is 0.880. The van der Waals surface area contributed by atoms with Gasteiger partial charge in [-0.2, -0.15) is 0 Å². The molecular formula is C18H21N3O3. The molecule has 0 aromatic carbocycles. The van der Waals surface area contributed by atoms with Crippen molar-refractivity contribution in [2.75, 3.05) is 13.7 Å². The summed E-state index contributed by atoms with van der Waals surface area (Å²) < 4.78 is 4.81. The van der Waals surface area contributed by atoms with Gasteiger partial charge in [0.15, 0.2) is 0 Å². The number of hydrogen-bond acceptors (Lipinski definition) is 4. The fraction of sp³-hybridized carbons (Fsp3) is 0.389. The maximum absolute atomic E-state index is 13.1. The molecule has 1 aliphatic heterocycles. The van der Waals surface area contributed by atoms with Crippen LogP contribution in [0, 0.1) is 13.8 Å². The molecule has 0 spiro atoms. The number of H-pyrrole nitrogens is 1. The number of ether oxygens (including phenoxy) is 1. The Hall–Kier alpha value is -2.63. The summed E-state index contributed by atoms with van der Waals surface area (Å²) in [6.07, 6.45) is 5.41. The zero-order chi connectivity index (χ0) is 17.3. The van der Waals surface area contributed by atoms with Crippen LogP contribution in [-0.2, 0) is 4.74 Å². The van der Waals surface area contributed by atoms with E-state index in [4.69, 9.17) is 4.74 Å². The first kappa shape index (κ1) is 16.2. The largest absolute Gasteiger partial charge is 0.465 e. The van der Waals surface area contributed by atoms with Gasteiger partial charge in [0.2, 0.25) is 0 Å². The Morgan fingerprint density at radius 3 is 2.83 bits per heavy atom. The van der Waals surface area contributed by atoms with Crippen LogP contribution in [0.3, 0.4) is 0 Å². The maximum Gasteiger partial charge on any atom is 0.339 e. The molecule has 126 valence electrons. The van der Waals surface area contributed by atoms with E-state index in [0.29, 0.717) is 29.1 Å². The summed E-state index contributed by atoms with van der Waals surface area (Å²) in [5.41, 5.74) is 3.24. The Morgan fingerprint density at radius 1 is 1.38 bits per heavy atom. The second-order valence-corrected chi connectivity index (χ2v) is 6.06. The molecule has 1 fully saturated rings. The van der Waals surface area contributed by atoms with Crippen molar-refractivity contribution in [3.8, 4) is 0 Å². The Kier molecular flexibility index (Phi) is 4.38. The third kappa shape index (κ3) is 2.68. The van der Waals surface area contributed by atoms with Crippen LogP contribution in [0.4, 0.5) is 0 Å². The standard InChI is InChI=1S/C18H21N3O3/c1-11-15(18(23)24-3)12(2)20-16(11)17(22)21-9-5-7-14(21)13-6-4-8-19-10-13/h4,6,8,10,14,20H,5,7,9H2,1-3H3/t14-/m1/s1. The lowest BCUT2D eigenvalue weighted by atomic mass is 10.1. The summed E-state index contributed by atoms with van der Waals surface area (Å²) in [7, 11) is 1.34.